The van der Waals surface area contributed by atoms with Crippen LogP contribution in [0.15, 0.2) is 167 Å². The van der Waals surface area contributed by atoms with Gasteiger partial charge in [0.25, 0.3) is 5.22 Å². The number of aliphatic hydroxyl groups excluding tert-OH is 1. The molecule has 10 nitrogen and oxygen atoms in total. The summed E-state index contributed by atoms with van der Waals surface area (Å²) in [6.07, 6.45) is 3.63. The summed E-state index contributed by atoms with van der Waals surface area (Å²) in [6, 6.07) is 51.7. The molecule has 0 spiro atoms. The zero-order valence-corrected chi connectivity index (χ0v) is 37.1. The Morgan fingerprint density at radius 2 is 1.32 bits per heavy atom. The normalized spacial score (nSPS) is 15.9. The number of anilines is 2. The molecule has 1 aromatic heterocycles. The van der Waals surface area contributed by atoms with Crippen molar-refractivity contribution in [1.29, 1.82) is 0 Å². The quantitative estimate of drug-likeness (QED) is 0.0354. The number of nitrogens with two attached hydrogens (primary N) is 1. The maximum absolute atomic E-state index is 12.8. The molecule has 11 heteroatoms. The lowest BCUT2D eigenvalue weighted by Crippen LogP contribution is -2.31. The van der Waals surface area contributed by atoms with E-state index in [0.29, 0.717) is 48.2 Å². The van der Waals surface area contributed by atoms with Crippen molar-refractivity contribution in [3.05, 3.63) is 180 Å². The number of unbranched alkanes of at least 4 members (excludes halogenated alkanes) is 3. The first-order valence-corrected chi connectivity index (χ1v) is 23.2. The second kappa shape index (κ2) is 22.4. The van der Waals surface area contributed by atoms with Gasteiger partial charge in [0.05, 0.1) is 30.2 Å². The molecule has 1 saturated heterocycles. The zero-order valence-electron chi connectivity index (χ0n) is 36.2. The molecule has 65 heavy (non-hydrogen) atoms. The SMILES string of the molecule is Nc1ccccc1NC(=O)CCCCCCC(=O)NCc1cccc(-c2cccc([C@H]3O[C@@H](CSc4nc(-c5ccccc5)c(-c5ccccc5)o4)C[C@@H](c4ccc(CO)cc4)O3)c2)c1. The summed E-state index contributed by atoms with van der Waals surface area (Å²) in [7, 11) is 0. The number of oxazole rings is 1. The Morgan fingerprint density at radius 1 is 0.662 bits per heavy atom. The summed E-state index contributed by atoms with van der Waals surface area (Å²) < 4.78 is 19.9. The van der Waals surface area contributed by atoms with Gasteiger partial charge in [-0.25, -0.2) is 4.98 Å². The van der Waals surface area contributed by atoms with Crippen LogP contribution in [0.4, 0.5) is 11.4 Å². The standard InChI is InChI=1S/C54H54N4O6S/c55-46-23-11-12-24-47(46)57-50(61)26-10-2-1-9-25-49(60)56-34-38-15-13-20-42(31-38)43-21-14-22-44(32-43)53-62-45(33-48(63-53)39-29-27-37(35-59)28-30-39)36-65-54-58-51(40-16-5-3-6-17-40)52(64-54)41-18-7-4-8-19-41/h3-8,11-24,27-32,45,48,53,59H,1-2,9-10,25-26,33-36,55H2,(H,56,60)(H,57,61)/t45-,48+,53+/m1/s1. The number of amides is 2. The van der Waals surface area contributed by atoms with Crippen LogP contribution in [-0.2, 0) is 32.2 Å². The Kier molecular flexibility index (Phi) is 15.5. The molecule has 5 N–H and O–H groups in total. The largest absolute Gasteiger partial charge is 0.431 e. The van der Waals surface area contributed by atoms with E-state index in [0.717, 1.165) is 81.6 Å². The highest BCUT2D eigenvalue weighted by molar-refractivity contribution is 7.99. The average Bonchev–Trinajstić information content (AvgIpc) is 3.79. The number of para-hydroxylation sites is 2. The van der Waals surface area contributed by atoms with Crippen LogP contribution in [0, 0.1) is 0 Å². The van der Waals surface area contributed by atoms with Gasteiger partial charge in [-0.2, -0.15) is 0 Å². The van der Waals surface area contributed by atoms with Crippen LogP contribution in [0.5, 0.6) is 0 Å². The first kappa shape index (κ1) is 45.1. The minimum Gasteiger partial charge on any atom is -0.431 e. The highest BCUT2D eigenvalue weighted by Gasteiger charge is 2.33. The van der Waals surface area contributed by atoms with Crippen molar-refractivity contribution in [2.75, 3.05) is 16.8 Å². The van der Waals surface area contributed by atoms with Gasteiger partial charge >= 0.3 is 0 Å². The van der Waals surface area contributed by atoms with E-state index in [4.69, 9.17) is 24.6 Å². The monoisotopic (exact) mass is 886 g/mol. The number of aromatic nitrogens is 1. The van der Waals surface area contributed by atoms with E-state index in [1.165, 1.54) is 11.8 Å². The second-order valence-electron chi connectivity index (χ2n) is 16.2. The molecule has 0 unspecified atom stereocenters. The van der Waals surface area contributed by atoms with Crippen molar-refractivity contribution in [2.45, 2.75) is 81.8 Å². The molecule has 332 valence electrons. The van der Waals surface area contributed by atoms with Crippen LogP contribution in [0.1, 0.15) is 79.6 Å². The molecule has 0 radical (unpaired) electrons. The van der Waals surface area contributed by atoms with E-state index in [1.807, 2.05) is 121 Å². The van der Waals surface area contributed by atoms with E-state index in [1.54, 1.807) is 12.1 Å². The molecular weight excluding hydrogens is 833 g/mol. The summed E-state index contributed by atoms with van der Waals surface area (Å²) in [5, 5.41) is 16.2. The minimum absolute atomic E-state index is 0.00524. The first-order valence-electron chi connectivity index (χ1n) is 22.2. The molecule has 1 fully saturated rings. The zero-order chi connectivity index (χ0) is 44.8. The summed E-state index contributed by atoms with van der Waals surface area (Å²) in [5.41, 5.74) is 15.6. The molecule has 0 bridgehead atoms. The highest BCUT2D eigenvalue weighted by Crippen LogP contribution is 2.42. The highest BCUT2D eigenvalue weighted by atomic mass is 32.2. The van der Waals surface area contributed by atoms with E-state index >= 15 is 0 Å². The predicted molar refractivity (Wildman–Crippen MR) is 257 cm³/mol. The van der Waals surface area contributed by atoms with Gasteiger partial charge in [0, 0.05) is 48.3 Å². The van der Waals surface area contributed by atoms with Gasteiger partial charge in [0.2, 0.25) is 11.8 Å². The smallest absolute Gasteiger partial charge is 0.256 e. The summed E-state index contributed by atoms with van der Waals surface area (Å²) in [5.74, 6) is 1.27. The first-order chi connectivity index (χ1) is 31.9. The lowest BCUT2D eigenvalue weighted by atomic mass is 9.99. The number of carbonyl (C=O) groups is 2. The number of nitrogens with one attached hydrogen (secondary N) is 2. The summed E-state index contributed by atoms with van der Waals surface area (Å²) in [4.78, 5) is 30.1. The number of benzene rings is 6. The average molecular weight is 887 g/mol. The van der Waals surface area contributed by atoms with E-state index in [9.17, 15) is 14.7 Å². The minimum atomic E-state index is -0.644. The van der Waals surface area contributed by atoms with Gasteiger partial charge < -0.3 is 35.4 Å². The molecule has 0 aliphatic carbocycles. The Balaban J connectivity index is 0.887. The molecule has 2 amide bonds. The van der Waals surface area contributed by atoms with Crippen molar-refractivity contribution in [3.63, 3.8) is 0 Å². The molecule has 0 saturated carbocycles. The second-order valence-corrected chi connectivity index (χ2v) is 17.2. The van der Waals surface area contributed by atoms with Crippen LogP contribution in [0.2, 0.25) is 0 Å². The number of hydrogen-bond donors (Lipinski definition) is 4. The Bertz CT molecular complexity index is 2580. The Hall–Kier alpha value is -6.50. The van der Waals surface area contributed by atoms with Gasteiger partial charge in [-0.05, 0) is 64.9 Å². The van der Waals surface area contributed by atoms with E-state index < -0.39 is 6.29 Å². The fourth-order valence-corrected chi connectivity index (χ4v) is 8.73. The van der Waals surface area contributed by atoms with Gasteiger partial charge in [-0.3, -0.25) is 9.59 Å². The fourth-order valence-electron chi connectivity index (χ4n) is 7.89. The third-order valence-electron chi connectivity index (χ3n) is 11.4. The number of nitrogen functional groups attached to an aromatic ring is 1. The molecule has 1 aliphatic heterocycles. The van der Waals surface area contributed by atoms with Crippen LogP contribution in [0.3, 0.4) is 0 Å². The van der Waals surface area contributed by atoms with Gasteiger partial charge in [-0.15, -0.1) is 0 Å². The van der Waals surface area contributed by atoms with Crippen LogP contribution in [0.25, 0.3) is 33.7 Å². The number of thioether (sulfide) groups is 1. The third kappa shape index (κ3) is 12.4. The number of rotatable bonds is 19. The molecule has 2 heterocycles. The molecule has 7 aromatic rings. The summed E-state index contributed by atoms with van der Waals surface area (Å²) >= 11 is 1.53. The van der Waals surface area contributed by atoms with Crippen LogP contribution >= 0.6 is 11.8 Å². The van der Waals surface area contributed by atoms with Crippen LogP contribution < -0.4 is 16.4 Å². The fraction of sp³-hybridized carbons (Fsp3) is 0.241. The van der Waals surface area contributed by atoms with Gasteiger partial charge in [0.1, 0.15) is 5.69 Å². The van der Waals surface area contributed by atoms with Gasteiger partial charge in [-0.1, -0.05) is 158 Å². The molecule has 3 atom stereocenters. The number of aliphatic hydroxyl groups is 1. The lowest BCUT2D eigenvalue weighted by Gasteiger charge is -2.36. The topological polar surface area (TPSA) is 149 Å². The maximum Gasteiger partial charge on any atom is 0.256 e. The number of hydrogen-bond acceptors (Lipinski definition) is 9. The third-order valence-corrected chi connectivity index (χ3v) is 12.4. The van der Waals surface area contributed by atoms with E-state index in [2.05, 4.69) is 34.9 Å². The molecule has 6 aromatic carbocycles. The number of nitrogens with zero attached hydrogens (tertiary/aromatic N) is 1. The van der Waals surface area contributed by atoms with Crippen molar-refractivity contribution in [3.8, 4) is 33.7 Å². The maximum atomic E-state index is 12.8. The summed E-state index contributed by atoms with van der Waals surface area (Å²) in [6.45, 7) is 0.393. The number of carbonyl (C=O) groups excluding carboxylic acids is 2. The van der Waals surface area contributed by atoms with Crippen molar-refractivity contribution >= 4 is 35.0 Å². The van der Waals surface area contributed by atoms with Crippen LogP contribution in [-0.4, -0.2) is 33.8 Å². The molecule has 1 aliphatic rings. The Labute approximate surface area is 384 Å². The predicted octanol–water partition coefficient (Wildman–Crippen LogP) is 11.7. The van der Waals surface area contributed by atoms with Gasteiger partial charge in [0.15, 0.2) is 12.1 Å². The van der Waals surface area contributed by atoms with E-state index in [-0.39, 0.29) is 30.6 Å². The Morgan fingerprint density at radius 3 is 2.06 bits per heavy atom. The number of ether oxygens (including phenoxy) is 2. The molecular formula is C54H54N4O6S. The van der Waals surface area contributed by atoms with Crippen molar-refractivity contribution < 1.29 is 28.6 Å². The van der Waals surface area contributed by atoms with Crippen molar-refractivity contribution in [2.24, 2.45) is 0 Å². The molecule has 8 rings (SSSR count). The lowest BCUT2D eigenvalue weighted by molar-refractivity contribution is -0.245. The van der Waals surface area contributed by atoms with Crippen molar-refractivity contribution in [1.82, 2.24) is 10.3 Å².